The fourth-order valence-corrected chi connectivity index (χ4v) is 2.90. The molecule has 8 heteroatoms. The Morgan fingerprint density at radius 1 is 1.12 bits per heavy atom. The molecule has 2 rings (SSSR count). The summed E-state index contributed by atoms with van der Waals surface area (Å²) < 4.78 is 16.8. The molecule has 1 unspecified atom stereocenters. The molecule has 0 fully saturated rings. The molecule has 25 heavy (non-hydrogen) atoms. The highest BCUT2D eigenvalue weighted by molar-refractivity contribution is 14.1. The van der Waals surface area contributed by atoms with E-state index in [4.69, 9.17) is 19.9 Å². The van der Waals surface area contributed by atoms with Crippen LogP contribution in [0.1, 0.15) is 36.9 Å². The molecular weight excluding hydrogens is 437 g/mol. The van der Waals surface area contributed by atoms with Gasteiger partial charge in [0.05, 0.1) is 33.0 Å². The molecule has 0 bridgehead atoms. The zero-order valence-electron chi connectivity index (χ0n) is 14.6. The molecule has 0 radical (unpaired) electrons. The molecule has 0 amide bonds. The normalized spacial score (nSPS) is 12.3. The first kappa shape index (κ1) is 19.7. The molecule has 1 aromatic carbocycles. The highest BCUT2D eigenvalue weighted by atomic mass is 127. The van der Waals surface area contributed by atoms with Gasteiger partial charge in [-0.1, -0.05) is 0 Å². The van der Waals surface area contributed by atoms with Gasteiger partial charge >= 0.3 is 0 Å². The maximum absolute atomic E-state index is 10.8. The number of hydrogen-bond donors (Lipinski definition) is 2. The van der Waals surface area contributed by atoms with Crippen LogP contribution in [-0.4, -0.2) is 35.4 Å². The fraction of sp³-hybridized carbons (Fsp3) is 0.412. The summed E-state index contributed by atoms with van der Waals surface area (Å²) in [6.45, 7) is 4.27. The number of anilines is 1. The standard InChI is InChI=1S/C17H22IN3O4/c1-9(2)25-8-10-5-11(18)6-12(15(10)19)16(22)17-20-13(23-3)7-14(21-17)24-4/h5-7,9,16,22H,8,19H2,1-4H3. The average Bonchev–Trinajstić information content (AvgIpc) is 2.60. The number of aliphatic hydroxyl groups excluding tert-OH is 1. The largest absolute Gasteiger partial charge is 0.481 e. The van der Waals surface area contributed by atoms with Gasteiger partial charge in [0.2, 0.25) is 11.8 Å². The Labute approximate surface area is 160 Å². The minimum atomic E-state index is -1.11. The first-order valence-corrected chi connectivity index (χ1v) is 8.78. The highest BCUT2D eigenvalue weighted by Gasteiger charge is 2.21. The third kappa shape index (κ3) is 4.93. The van der Waals surface area contributed by atoms with Crippen LogP contribution in [0.2, 0.25) is 0 Å². The van der Waals surface area contributed by atoms with Crippen molar-refractivity contribution in [3.05, 3.63) is 38.7 Å². The van der Waals surface area contributed by atoms with Crippen LogP contribution in [0.15, 0.2) is 18.2 Å². The van der Waals surface area contributed by atoms with Crippen molar-refractivity contribution in [3.8, 4) is 11.8 Å². The summed E-state index contributed by atoms with van der Waals surface area (Å²) in [5.74, 6) is 0.752. The van der Waals surface area contributed by atoms with E-state index < -0.39 is 6.10 Å². The minimum Gasteiger partial charge on any atom is -0.481 e. The summed E-state index contributed by atoms with van der Waals surface area (Å²) in [5.41, 5.74) is 8.04. The minimum absolute atomic E-state index is 0.0802. The average molecular weight is 459 g/mol. The van der Waals surface area contributed by atoms with Crippen molar-refractivity contribution in [2.75, 3.05) is 20.0 Å². The van der Waals surface area contributed by atoms with Crippen LogP contribution in [0.3, 0.4) is 0 Å². The molecule has 0 aliphatic carbocycles. The Balaban J connectivity index is 2.43. The first-order valence-electron chi connectivity index (χ1n) is 7.70. The third-order valence-corrected chi connectivity index (χ3v) is 4.11. The van der Waals surface area contributed by atoms with E-state index >= 15 is 0 Å². The van der Waals surface area contributed by atoms with E-state index in [9.17, 15) is 5.11 Å². The molecule has 0 aliphatic rings. The molecule has 0 saturated heterocycles. The van der Waals surface area contributed by atoms with Gasteiger partial charge in [0.25, 0.3) is 0 Å². The van der Waals surface area contributed by atoms with Crippen LogP contribution in [0, 0.1) is 3.57 Å². The van der Waals surface area contributed by atoms with Crippen LogP contribution in [0.25, 0.3) is 0 Å². The quantitative estimate of drug-likeness (QED) is 0.485. The Bertz CT molecular complexity index is 718. The number of nitrogens with zero attached hydrogens (tertiary/aromatic N) is 2. The topological polar surface area (TPSA) is 99.7 Å². The van der Waals surface area contributed by atoms with Crippen LogP contribution in [0.5, 0.6) is 11.8 Å². The van der Waals surface area contributed by atoms with E-state index in [-0.39, 0.29) is 11.9 Å². The van der Waals surface area contributed by atoms with Crippen LogP contribution >= 0.6 is 22.6 Å². The summed E-state index contributed by atoms with van der Waals surface area (Å²) >= 11 is 2.17. The summed E-state index contributed by atoms with van der Waals surface area (Å²) in [6.07, 6.45) is -1.03. The van der Waals surface area contributed by atoms with Gasteiger partial charge in [-0.2, -0.15) is 9.97 Å². The Hall–Kier alpha value is -1.65. The lowest BCUT2D eigenvalue weighted by atomic mass is 10.0. The summed E-state index contributed by atoms with van der Waals surface area (Å²) in [7, 11) is 2.97. The number of nitrogen functional groups attached to an aromatic ring is 1. The zero-order chi connectivity index (χ0) is 18.6. The molecule has 0 spiro atoms. The van der Waals surface area contributed by atoms with E-state index in [1.54, 1.807) is 6.07 Å². The number of aromatic nitrogens is 2. The monoisotopic (exact) mass is 459 g/mol. The van der Waals surface area contributed by atoms with Gasteiger partial charge in [-0.3, -0.25) is 0 Å². The van der Waals surface area contributed by atoms with Crippen molar-refractivity contribution in [2.24, 2.45) is 0 Å². The molecule has 136 valence electrons. The van der Waals surface area contributed by atoms with Gasteiger partial charge in [-0.25, -0.2) is 0 Å². The second-order valence-corrected chi connectivity index (χ2v) is 6.89. The molecule has 1 aromatic heterocycles. The molecule has 1 atom stereocenters. The van der Waals surface area contributed by atoms with Crippen molar-refractivity contribution >= 4 is 28.3 Å². The van der Waals surface area contributed by atoms with Crippen LogP contribution in [0.4, 0.5) is 5.69 Å². The maximum atomic E-state index is 10.8. The number of aliphatic hydroxyl groups is 1. The van der Waals surface area contributed by atoms with Crippen LogP contribution in [-0.2, 0) is 11.3 Å². The van der Waals surface area contributed by atoms with E-state index in [1.807, 2.05) is 19.9 Å². The number of nitrogens with two attached hydrogens (primary N) is 1. The van der Waals surface area contributed by atoms with Crippen LogP contribution < -0.4 is 15.2 Å². The van der Waals surface area contributed by atoms with Gasteiger partial charge in [0.15, 0.2) is 5.82 Å². The van der Waals surface area contributed by atoms with Gasteiger partial charge in [0, 0.05) is 20.4 Å². The lowest BCUT2D eigenvalue weighted by molar-refractivity contribution is 0.0659. The van der Waals surface area contributed by atoms with E-state index in [0.29, 0.717) is 29.6 Å². The molecule has 1 heterocycles. The molecule has 7 nitrogen and oxygen atoms in total. The second kappa shape index (κ2) is 8.63. The molecule has 3 N–H and O–H groups in total. The molecular formula is C17H22IN3O4. The summed E-state index contributed by atoms with van der Waals surface area (Å²) in [4.78, 5) is 8.40. The second-order valence-electron chi connectivity index (χ2n) is 5.64. The van der Waals surface area contributed by atoms with E-state index in [0.717, 1.165) is 9.13 Å². The van der Waals surface area contributed by atoms with Gasteiger partial charge in [-0.05, 0) is 48.6 Å². The first-order chi connectivity index (χ1) is 11.8. The molecule has 2 aromatic rings. The third-order valence-electron chi connectivity index (χ3n) is 3.49. The number of rotatable bonds is 7. The zero-order valence-corrected chi connectivity index (χ0v) is 16.8. The Morgan fingerprint density at radius 2 is 1.72 bits per heavy atom. The van der Waals surface area contributed by atoms with Gasteiger partial charge in [-0.15, -0.1) is 0 Å². The Morgan fingerprint density at radius 3 is 2.24 bits per heavy atom. The lowest BCUT2D eigenvalue weighted by Crippen LogP contribution is -2.12. The lowest BCUT2D eigenvalue weighted by Gasteiger charge is -2.18. The number of ether oxygens (including phenoxy) is 3. The Kier molecular flexibility index (Phi) is 6.79. The SMILES string of the molecule is COc1cc(OC)nc(C(O)c2cc(I)cc(COC(C)C)c2N)n1. The highest BCUT2D eigenvalue weighted by Crippen LogP contribution is 2.31. The fourth-order valence-electron chi connectivity index (χ4n) is 2.19. The number of halogens is 1. The smallest absolute Gasteiger partial charge is 0.220 e. The van der Waals surface area contributed by atoms with Crippen molar-refractivity contribution in [2.45, 2.75) is 32.7 Å². The van der Waals surface area contributed by atoms with Crippen molar-refractivity contribution < 1.29 is 19.3 Å². The van der Waals surface area contributed by atoms with Gasteiger partial charge < -0.3 is 25.1 Å². The van der Waals surface area contributed by atoms with Crippen molar-refractivity contribution in [1.29, 1.82) is 0 Å². The number of benzene rings is 1. The number of hydrogen-bond acceptors (Lipinski definition) is 7. The van der Waals surface area contributed by atoms with E-state index in [1.165, 1.54) is 20.3 Å². The van der Waals surface area contributed by atoms with Crippen molar-refractivity contribution in [3.63, 3.8) is 0 Å². The molecule has 0 saturated carbocycles. The molecule has 0 aliphatic heterocycles. The van der Waals surface area contributed by atoms with Gasteiger partial charge in [0.1, 0.15) is 6.10 Å². The maximum Gasteiger partial charge on any atom is 0.220 e. The summed E-state index contributed by atoms with van der Waals surface area (Å²) in [5, 5.41) is 10.8. The number of methoxy groups -OCH3 is 2. The summed E-state index contributed by atoms with van der Waals surface area (Å²) in [6, 6.07) is 5.27. The van der Waals surface area contributed by atoms with Crippen molar-refractivity contribution in [1.82, 2.24) is 9.97 Å². The predicted molar refractivity (Wildman–Crippen MR) is 103 cm³/mol. The van der Waals surface area contributed by atoms with E-state index in [2.05, 4.69) is 32.6 Å². The predicted octanol–water partition coefficient (Wildman–Crippen LogP) is 2.69.